The first-order valence-electron chi connectivity index (χ1n) is 9.49. The summed E-state index contributed by atoms with van der Waals surface area (Å²) >= 11 is 0. The molecule has 4 heteroatoms. The number of rotatable bonds is 5. The van der Waals surface area contributed by atoms with E-state index in [1.54, 1.807) is 0 Å². The number of esters is 1. The molecule has 0 saturated heterocycles. The lowest BCUT2D eigenvalue weighted by molar-refractivity contribution is 0.0520. The molecule has 0 bridgehead atoms. The van der Waals surface area contributed by atoms with E-state index in [9.17, 15) is 4.79 Å². The van der Waals surface area contributed by atoms with Crippen molar-refractivity contribution in [1.29, 1.82) is 0 Å². The van der Waals surface area contributed by atoms with E-state index in [0.29, 0.717) is 12.3 Å². The molecule has 0 radical (unpaired) electrons. The first kappa shape index (κ1) is 17.6. The van der Waals surface area contributed by atoms with Crippen LogP contribution in [0.25, 0.3) is 16.5 Å². The first-order chi connectivity index (χ1) is 13.3. The molecule has 0 unspecified atom stereocenters. The monoisotopic (exact) mass is 360 g/mol. The van der Waals surface area contributed by atoms with Gasteiger partial charge in [0, 0.05) is 36.1 Å². The zero-order chi connectivity index (χ0) is 18.6. The third-order valence-corrected chi connectivity index (χ3v) is 4.99. The maximum absolute atomic E-state index is 12.6. The minimum absolute atomic E-state index is 0.287. The standard InChI is InChI=1S/C23H24N2O2/c1-2-27-23(26)22-21(19-12-6-7-13-20(19)24-22)18-11-8-14-25(16-18)15-17-9-4-3-5-10-17/h3-7,9-13,24H,2,8,14-16H2,1H3. The molecule has 27 heavy (non-hydrogen) atoms. The van der Waals surface area contributed by atoms with E-state index in [2.05, 4.69) is 46.3 Å². The number of H-pyrrole nitrogens is 1. The van der Waals surface area contributed by atoms with E-state index < -0.39 is 0 Å². The van der Waals surface area contributed by atoms with Crippen molar-refractivity contribution in [2.24, 2.45) is 0 Å². The van der Waals surface area contributed by atoms with Crippen molar-refractivity contribution in [3.8, 4) is 0 Å². The zero-order valence-electron chi connectivity index (χ0n) is 15.6. The van der Waals surface area contributed by atoms with E-state index in [0.717, 1.165) is 42.5 Å². The van der Waals surface area contributed by atoms with Gasteiger partial charge in [-0.25, -0.2) is 4.79 Å². The summed E-state index contributed by atoms with van der Waals surface area (Å²) in [6.45, 7) is 4.96. The highest BCUT2D eigenvalue weighted by Gasteiger charge is 2.24. The smallest absolute Gasteiger partial charge is 0.355 e. The Kier molecular flexibility index (Phi) is 5.07. The van der Waals surface area contributed by atoms with Crippen LogP contribution in [0.5, 0.6) is 0 Å². The van der Waals surface area contributed by atoms with Gasteiger partial charge in [-0.2, -0.15) is 0 Å². The van der Waals surface area contributed by atoms with Crippen LogP contribution in [0.1, 0.15) is 35.0 Å². The second-order valence-corrected chi connectivity index (χ2v) is 6.86. The van der Waals surface area contributed by atoms with E-state index in [1.807, 2.05) is 31.2 Å². The van der Waals surface area contributed by atoms with Crippen LogP contribution < -0.4 is 0 Å². The fourth-order valence-electron chi connectivity index (χ4n) is 3.80. The lowest BCUT2D eigenvalue weighted by atomic mass is 9.97. The fraction of sp³-hybridized carbons (Fsp3) is 0.261. The Hall–Kier alpha value is -2.85. The Morgan fingerprint density at radius 1 is 1.11 bits per heavy atom. The van der Waals surface area contributed by atoms with Gasteiger partial charge < -0.3 is 9.72 Å². The summed E-state index contributed by atoms with van der Waals surface area (Å²) in [6, 6.07) is 18.6. The van der Waals surface area contributed by atoms with Crippen LogP contribution in [-0.2, 0) is 11.3 Å². The first-order valence-corrected chi connectivity index (χ1v) is 9.49. The van der Waals surface area contributed by atoms with Crippen LogP contribution in [0.4, 0.5) is 0 Å². The lowest BCUT2D eigenvalue weighted by Crippen LogP contribution is -2.29. The quantitative estimate of drug-likeness (QED) is 0.675. The van der Waals surface area contributed by atoms with Crippen LogP contribution in [0.2, 0.25) is 0 Å². The summed E-state index contributed by atoms with van der Waals surface area (Å²) in [4.78, 5) is 18.3. The third kappa shape index (κ3) is 3.67. The molecule has 0 aliphatic carbocycles. The summed E-state index contributed by atoms with van der Waals surface area (Å²) in [6.07, 6.45) is 3.24. The van der Waals surface area contributed by atoms with Gasteiger partial charge in [0.25, 0.3) is 0 Å². The van der Waals surface area contributed by atoms with Gasteiger partial charge in [-0.05, 0) is 30.5 Å². The molecule has 0 atom stereocenters. The molecule has 0 amide bonds. The van der Waals surface area contributed by atoms with Crippen molar-refractivity contribution in [1.82, 2.24) is 9.88 Å². The highest BCUT2D eigenvalue weighted by molar-refractivity contribution is 6.05. The van der Waals surface area contributed by atoms with E-state index in [4.69, 9.17) is 4.74 Å². The van der Waals surface area contributed by atoms with Crippen molar-refractivity contribution in [2.45, 2.75) is 19.9 Å². The predicted molar refractivity (Wildman–Crippen MR) is 109 cm³/mol. The Balaban J connectivity index is 1.67. The van der Waals surface area contributed by atoms with E-state index in [1.165, 1.54) is 11.1 Å². The molecule has 0 saturated carbocycles. The van der Waals surface area contributed by atoms with Gasteiger partial charge in [0.15, 0.2) is 0 Å². The normalized spacial score (nSPS) is 14.9. The molecule has 1 aliphatic rings. The van der Waals surface area contributed by atoms with Crippen LogP contribution in [0, 0.1) is 0 Å². The van der Waals surface area contributed by atoms with Crippen LogP contribution >= 0.6 is 0 Å². The number of carbonyl (C=O) groups is 1. The Morgan fingerprint density at radius 2 is 1.89 bits per heavy atom. The number of fused-ring (bicyclic) bond motifs is 1. The van der Waals surface area contributed by atoms with Crippen molar-refractivity contribution in [3.63, 3.8) is 0 Å². The SMILES string of the molecule is CCOC(=O)c1[nH]c2ccccc2c1C1=CCCN(Cc2ccccc2)C1. The minimum atomic E-state index is -0.287. The summed E-state index contributed by atoms with van der Waals surface area (Å²) < 4.78 is 5.30. The maximum atomic E-state index is 12.6. The number of ether oxygens (including phenoxy) is 1. The number of aromatic nitrogens is 1. The number of nitrogens with zero attached hydrogens (tertiary/aromatic N) is 1. The molecule has 0 spiro atoms. The summed E-state index contributed by atoms with van der Waals surface area (Å²) in [7, 11) is 0. The second-order valence-electron chi connectivity index (χ2n) is 6.86. The molecular weight excluding hydrogens is 336 g/mol. The number of hydrogen-bond donors (Lipinski definition) is 1. The van der Waals surface area contributed by atoms with Gasteiger partial charge in [-0.1, -0.05) is 54.6 Å². The highest BCUT2D eigenvalue weighted by atomic mass is 16.5. The molecule has 2 heterocycles. The molecule has 138 valence electrons. The Morgan fingerprint density at radius 3 is 2.70 bits per heavy atom. The number of hydrogen-bond acceptors (Lipinski definition) is 3. The molecule has 2 aromatic carbocycles. The van der Waals surface area contributed by atoms with Gasteiger partial charge in [0.2, 0.25) is 0 Å². The van der Waals surface area contributed by atoms with Crippen molar-refractivity contribution < 1.29 is 9.53 Å². The topological polar surface area (TPSA) is 45.3 Å². The molecule has 4 nitrogen and oxygen atoms in total. The van der Waals surface area contributed by atoms with Gasteiger partial charge in [0.05, 0.1) is 6.61 Å². The van der Waals surface area contributed by atoms with E-state index >= 15 is 0 Å². The third-order valence-electron chi connectivity index (χ3n) is 4.99. The maximum Gasteiger partial charge on any atom is 0.355 e. The Bertz CT molecular complexity index is 972. The molecule has 1 aromatic heterocycles. The fourth-order valence-corrected chi connectivity index (χ4v) is 3.80. The molecule has 1 aliphatic heterocycles. The number of benzene rings is 2. The van der Waals surface area contributed by atoms with Crippen LogP contribution in [-0.4, -0.2) is 35.5 Å². The number of aromatic amines is 1. The van der Waals surface area contributed by atoms with Gasteiger partial charge >= 0.3 is 5.97 Å². The summed E-state index contributed by atoms with van der Waals surface area (Å²) in [5.41, 5.74) is 5.02. The zero-order valence-corrected chi connectivity index (χ0v) is 15.6. The average Bonchev–Trinajstić information content (AvgIpc) is 3.09. The molecule has 4 rings (SSSR count). The number of nitrogens with one attached hydrogen (secondary N) is 1. The van der Waals surface area contributed by atoms with Gasteiger partial charge in [-0.3, -0.25) is 4.90 Å². The molecule has 0 fully saturated rings. The van der Waals surface area contributed by atoms with Gasteiger partial charge in [0.1, 0.15) is 5.69 Å². The van der Waals surface area contributed by atoms with Crippen LogP contribution in [0.15, 0.2) is 60.7 Å². The summed E-state index contributed by atoms with van der Waals surface area (Å²) in [5.74, 6) is -0.287. The Labute approximate surface area is 159 Å². The minimum Gasteiger partial charge on any atom is -0.461 e. The van der Waals surface area contributed by atoms with E-state index in [-0.39, 0.29) is 5.97 Å². The van der Waals surface area contributed by atoms with Crippen LogP contribution in [0.3, 0.4) is 0 Å². The van der Waals surface area contributed by atoms with Gasteiger partial charge in [-0.15, -0.1) is 0 Å². The number of carbonyl (C=O) groups excluding carboxylic acids is 1. The summed E-state index contributed by atoms with van der Waals surface area (Å²) in [5, 5.41) is 1.08. The second kappa shape index (κ2) is 7.80. The molecular formula is C23H24N2O2. The predicted octanol–water partition coefficient (Wildman–Crippen LogP) is 4.63. The van der Waals surface area contributed by atoms with Crippen molar-refractivity contribution >= 4 is 22.4 Å². The molecule has 1 N–H and O–H groups in total. The highest BCUT2D eigenvalue weighted by Crippen LogP contribution is 2.32. The van der Waals surface area contributed by atoms with Crippen molar-refractivity contribution in [3.05, 3.63) is 77.5 Å². The average molecular weight is 360 g/mol. The number of para-hydroxylation sites is 1. The van der Waals surface area contributed by atoms with Crippen molar-refractivity contribution in [2.75, 3.05) is 19.7 Å². The lowest BCUT2D eigenvalue weighted by Gasteiger charge is -2.27. The largest absolute Gasteiger partial charge is 0.461 e. The molecule has 3 aromatic rings.